The van der Waals surface area contributed by atoms with Crippen LogP contribution in [0.5, 0.6) is 0 Å². The van der Waals surface area contributed by atoms with E-state index in [2.05, 4.69) is 40.3 Å². The molecule has 0 bridgehead atoms. The summed E-state index contributed by atoms with van der Waals surface area (Å²) in [6, 6.07) is 10.6. The highest BCUT2D eigenvalue weighted by atomic mass is 35.5. The summed E-state index contributed by atoms with van der Waals surface area (Å²) in [6.45, 7) is 6.81. The van der Waals surface area contributed by atoms with Crippen LogP contribution in [0.2, 0.25) is 5.02 Å². The molecular formula is C23H25ClN6O2S. The number of aromatic nitrogens is 3. The van der Waals surface area contributed by atoms with Crippen LogP contribution in [0, 0.1) is 23.2 Å². The first kappa shape index (κ1) is 23.2. The molecule has 0 spiro atoms. The number of furan rings is 1. The van der Waals surface area contributed by atoms with Gasteiger partial charge >= 0.3 is 0 Å². The molecule has 3 heterocycles. The van der Waals surface area contributed by atoms with Crippen molar-refractivity contribution in [2.24, 2.45) is 11.8 Å². The number of rotatable bonds is 7. The molecule has 4 rings (SSSR count). The number of nitrogens with one attached hydrogen (secondary N) is 1. The molecule has 172 valence electrons. The third-order valence-corrected chi connectivity index (χ3v) is 6.65. The van der Waals surface area contributed by atoms with E-state index < -0.39 is 0 Å². The van der Waals surface area contributed by atoms with E-state index in [0.717, 1.165) is 24.8 Å². The van der Waals surface area contributed by atoms with Crippen molar-refractivity contribution in [3.05, 3.63) is 52.9 Å². The molecule has 10 heteroatoms. The lowest BCUT2D eigenvalue weighted by Gasteiger charge is -2.35. The van der Waals surface area contributed by atoms with Gasteiger partial charge in [0.25, 0.3) is 0 Å². The van der Waals surface area contributed by atoms with Crippen molar-refractivity contribution < 1.29 is 9.21 Å². The Hall–Kier alpha value is -2.96. The van der Waals surface area contributed by atoms with Crippen molar-refractivity contribution in [1.29, 1.82) is 5.26 Å². The lowest BCUT2D eigenvalue weighted by atomic mass is 9.92. The number of carbonyl (C=O) groups excluding carboxylic acids is 1. The van der Waals surface area contributed by atoms with Gasteiger partial charge in [-0.2, -0.15) is 5.26 Å². The minimum atomic E-state index is -0.256. The van der Waals surface area contributed by atoms with Crippen LogP contribution in [0.25, 0.3) is 0 Å². The van der Waals surface area contributed by atoms with Gasteiger partial charge in [-0.25, -0.2) is 0 Å². The Morgan fingerprint density at radius 2 is 2.09 bits per heavy atom. The van der Waals surface area contributed by atoms with Crippen LogP contribution in [0.1, 0.15) is 31.6 Å². The maximum atomic E-state index is 12.6. The minimum absolute atomic E-state index is 0.112. The number of hydrogen-bond acceptors (Lipinski definition) is 7. The molecule has 1 aliphatic heterocycles. The van der Waals surface area contributed by atoms with Gasteiger partial charge in [-0.15, -0.1) is 10.2 Å². The maximum Gasteiger partial charge on any atom is 0.234 e. The normalized spacial score (nSPS) is 18.2. The van der Waals surface area contributed by atoms with Gasteiger partial charge in [0, 0.05) is 18.1 Å². The highest BCUT2D eigenvalue weighted by Gasteiger charge is 2.27. The summed E-state index contributed by atoms with van der Waals surface area (Å²) in [5.41, 5.74) is 0.749. The van der Waals surface area contributed by atoms with Gasteiger partial charge in [-0.05, 0) is 48.6 Å². The number of piperidine rings is 1. The summed E-state index contributed by atoms with van der Waals surface area (Å²) < 4.78 is 7.56. The SMILES string of the molecule is CC1CC(C)CN(c2nnc(SCC(=O)Nc3cc(Cl)ccc3C#N)n2Cc2ccco2)C1. The van der Waals surface area contributed by atoms with E-state index in [1.54, 1.807) is 24.5 Å². The Balaban J connectivity index is 1.51. The standard InChI is InChI=1S/C23H25ClN6O2S/c1-15-8-16(2)12-29(11-15)22-27-28-23(30(22)13-19-4-3-7-32-19)33-14-21(31)26-20-9-18(24)6-5-17(20)10-25/h3-7,9,15-16H,8,11-14H2,1-2H3,(H,26,31). The first-order chi connectivity index (χ1) is 15.9. The second-order valence-corrected chi connectivity index (χ2v) is 9.82. The van der Waals surface area contributed by atoms with E-state index in [1.165, 1.54) is 18.2 Å². The van der Waals surface area contributed by atoms with Crippen molar-refractivity contribution in [3.8, 4) is 6.07 Å². The van der Waals surface area contributed by atoms with Crippen LogP contribution >= 0.6 is 23.4 Å². The quantitative estimate of drug-likeness (QED) is 0.487. The van der Waals surface area contributed by atoms with Crippen molar-refractivity contribution >= 4 is 40.9 Å². The summed E-state index contributed by atoms with van der Waals surface area (Å²) in [5.74, 6) is 2.56. The van der Waals surface area contributed by atoms with Gasteiger partial charge < -0.3 is 14.6 Å². The molecule has 2 unspecified atom stereocenters. The number of thioether (sulfide) groups is 1. The summed E-state index contributed by atoms with van der Waals surface area (Å²) in [6.07, 6.45) is 2.83. The predicted octanol–water partition coefficient (Wildman–Crippen LogP) is 4.66. The zero-order chi connectivity index (χ0) is 23.4. The van der Waals surface area contributed by atoms with Gasteiger partial charge in [0.1, 0.15) is 11.8 Å². The summed E-state index contributed by atoms with van der Waals surface area (Å²) >= 11 is 7.31. The molecule has 2 atom stereocenters. The van der Waals surface area contributed by atoms with Crippen molar-refractivity contribution in [3.63, 3.8) is 0 Å². The molecule has 1 amide bonds. The Kier molecular flexibility index (Phi) is 7.26. The van der Waals surface area contributed by atoms with E-state index in [1.807, 2.05) is 16.7 Å². The minimum Gasteiger partial charge on any atom is -0.467 e. The third kappa shape index (κ3) is 5.70. The monoisotopic (exact) mass is 484 g/mol. The topological polar surface area (TPSA) is 100.0 Å². The van der Waals surface area contributed by atoms with E-state index in [0.29, 0.717) is 39.8 Å². The van der Waals surface area contributed by atoms with Crippen LogP contribution in [-0.4, -0.2) is 39.5 Å². The van der Waals surface area contributed by atoms with Crippen LogP contribution in [0.4, 0.5) is 11.6 Å². The molecule has 1 saturated heterocycles. The largest absolute Gasteiger partial charge is 0.467 e. The zero-order valence-electron chi connectivity index (χ0n) is 18.5. The molecule has 8 nitrogen and oxygen atoms in total. The first-order valence-electron chi connectivity index (χ1n) is 10.8. The third-order valence-electron chi connectivity index (χ3n) is 5.45. The molecular weight excluding hydrogens is 460 g/mol. The molecule has 1 fully saturated rings. The Labute approximate surface area is 201 Å². The first-order valence-corrected chi connectivity index (χ1v) is 12.1. The van der Waals surface area contributed by atoms with Crippen LogP contribution < -0.4 is 10.2 Å². The summed E-state index contributed by atoms with van der Waals surface area (Å²) in [5, 5.41) is 22.0. The van der Waals surface area contributed by atoms with E-state index in [4.69, 9.17) is 16.0 Å². The number of benzene rings is 1. The number of anilines is 2. The van der Waals surface area contributed by atoms with Crippen molar-refractivity contribution in [2.45, 2.75) is 32.0 Å². The van der Waals surface area contributed by atoms with Gasteiger partial charge in [0.05, 0.1) is 29.8 Å². The fourth-order valence-electron chi connectivity index (χ4n) is 4.18. The average Bonchev–Trinajstić information content (AvgIpc) is 3.42. The zero-order valence-corrected chi connectivity index (χ0v) is 20.1. The van der Waals surface area contributed by atoms with Crippen molar-refractivity contribution in [1.82, 2.24) is 14.8 Å². The molecule has 0 aliphatic carbocycles. The highest BCUT2D eigenvalue weighted by Crippen LogP contribution is 2.29. The number of carbonyl (C=O) groups is 1. The molecule has 2 aromatic heterocycles. The average molecular weight is 485 g/mol. The van der Waals surface area contributed by atoms with E-state index in [-0.39, 0.29) is 11.7 Å². The van der Waals surface area contributed by atoms with Crippen LogP contribution in [0.15, 0.2) is 46.2 Å². The van der Waals surface area contributed by atoms with E-state index in [9.17, 15) is 10.1 Å². The Morgan fingerprint density at radius 1 is 1.30 bits per heavy atom. The van der Waals surface area contributed by atoms with Crippen LogP contribution in [-0.2, 0) is 11.3 Å². The van der Waals surface area contributed by atoms with Gasteiger partial charge in [0.2, 0.25) is 11.9 Å². The lowest BCUT2D eigenvalue weighted by molar-refractivity contribution is -0.113. The van der Waals surface area contributed by atoms with Gasteiger partial charge in [0.15, 0.2) is 5.16 Å². The maximum absolute atomic E-state index is 12.6. The van der Waals surface area contributed by atoms with Crippen molar-refractivity contribution in [2.75, 3.05) is 29.1 Å². The highest BCUT2D eigenvalue weighted by molar-refractivity contribution is 7.99. The Bertz CT molecular complexity index is 1150. The number of nitriles is 1. The molecule has 0 saturated carbocycles. The van der Waals surface area contributed by atoms with E-state index >= 15 is 0 Å². The number of halogens is 1. The number of nitrogens with zero attached hydrogens (tertiary/aromatic N) is 5. The number of amides is 1. The fraction of sp³-hybridized carbons (Fsp3) is 0.391. The molecule has 1 N–H and O–H groups in total. The second-order valence-electron chi connectivity index (χ2n) is 8.44. The molecule has 1 aliphatic rings. The second kappa shape index (κ2) is 10.3. The lowest BCUT2D eigenvalue weighted by Crippen LogP contribution is -2.40. The number of hydrogen-bond donors (Lipinski definition) is 1. The van der Waals surface area contributed by atoms with Gasteiger partial charge in [-0.3, -0.25) is 9.36 Å². The van der Waals surface area contributed by atoms with Crippen LogP contribution in [0.3, 0.4) is 0 Å². The Morgan fingerprint density at radius 3 is 2.79 bits per heavy atom. The fourth-order valence-corrected chi connectivity index (χ4v) is 5.08. The molecule has 33 heavy (non-hydrogen) atoms. The predicted molar refractivity (Wildman–Crippen MR) is 129 cm³/mol. The summed E-state index contributed by atoms with van der Waals surface area (Å²) in [7, 11) is 0. The molecule has 3 aromatic rings. The summed E-state index contributed by atoms with van der Waals surface area (Å²) in [4.78, 5) is 14.9. The smallest absolute Gasteiger partial charge is 0.234 e. The van der Waals surface area contributed by atoms with Gasteiger partial charge in [-0.1, -0.05) is 37.2 Å². The molecule has 0 radical (unpaired) electrons. The molecule has 1 aromatic carbocycles.